The Morgan fingerprint density at radius 3 is 2.86 bits per heavy atom. The molecule has 0 bridgehead atoms. The molecule has 0 N–H and O–H groups in total. The predicted octanol–water partition coefficient (Wildman–Crippen LogP) is 2.89. The van der Waals surface area contributed by atoms with Crippen LogP contribution in [0.2, 0.25) is 0 Å². The monoisotopic (exact) mass is 286 g/mol. The Morgan fingerprint density at radius 2 is 2.19 bits per heavy atom. The van der Waals surface area contributed by atoms with Crippen LogP contribution in [0.3, 0.4) is 0 Å². The normalized spacial score (nSPS) is 19.3. The van der Waals surface area contributed by atoms with Gasteiger partial charge in [-0.2, -0.15) is 0 Å². The van der Waals surface area contributed by atoms with Crippen molar-refractivity contribution >= 4 is 18.0 Å². The maximum absolute atomic E-state index is 11.2. The number of carbonyl (C=O) groups excluding carboxylic acids is 2. The largest absolute Gasteiger partial charge is 0.459 e. The van der Waals surface area contributed by atoms with E-state index in [9.17, 15) is 9.59 Å². The van der Waals surface area contributed by atoms with Crippen molar-refractivity contribution in [2.45, 2.75) is 32.0 Å². The third kappa shape index (κ3) is 5.26. The number of hydrogen-bond donors (Lipinski definition) is 0. The summed E-state index contributed by atoms with van der Waals surface area (Å²) in [6, 6.07) is 9.74. The average molecular weight is 286 g/mol. The van der Waals surface area contributed by atoms with Crippen molar-refractivity contribution in [1.29, 1.82) is 0 Å². The molecule has 1 aliphatic heterocycles. The summed E-state index contributed by atoms with van der Waals surface area (Å²) in [4.78, 5) is 22.4. The first-order valence-corrected chi connectivity index (χ1v) is 6.91. The third-order valence-electron chi connectivity index (χ3n) is 3.05. The minimum Gasteiger partial charge on any atom is -0.459 e. The Kier molecular flexibility index (Phi) is 5.32. The number of benzene rings is 1. The van der Waals surface area contributed by atoms with Gasteiger partial charge in [0.15, 0.2) is 0 Å². The average Bonchev–Trinajstić information content (AvgIpc) is 2.45. The van der Waals surface area contributed by atoms with Crippen LogP contribution < -0.4 is 0 Å². The zero-order valence-electron chi connectivity index (χ0n) is 11.9. The molecule has 0 spiro atoms. The van der Waals surface area contributed by atoms with Gasteiger partial charge in [-0.1, -0.05) is 42.5 Å². The predicted molar refractivity (Wildman–Crippen MR) is 79.3 cm³/mol. The molecule has 1 aliphatic rings. The van der Waals surface area contributed by atoms with E-state index >= 15 is 0 Å². The van der Waals surface area contributed by atoms with Gasteiger partial charge in [-0.05, 0) is 11.6 Å². The van der Waals surface area contributed by atoms with Gasteiger partial charge in [0.1, 0.15) is 12.2 Å². The Bertz CT molecular complexity index is 545. The minimum atomic E-state index is -0.410. The fraction of sp³-hybridized carbons (Fsp3) is 0.294. The summed E-state index contributed by atoms with van der Waals surface area (Å²) < 4.78 is 10.5. The third-order valence-corrected chi connectivity index (χ3v) is 3.05. The molecule has 0 aromatic heterocycles. The van der Waals surface area contributed by atoms with Gasteiger partial charge in [0.25, 0.3) is 0 Å². The zero-order valence-corrected chi connectivity index (χ0v) is 11.9. The van der Waals surface area contributed by atoms with Crippen LogP contribution in [-0.2, 0) is 19.1 Å². The summed E-state index contributed by atoms with van der Waals surface area (Å²) in [5.74, 6) is -0.699. The van der Waals surface area contributed by atoms with Crippen LogP contribution in [-0.4, -0.2) is 24.1 Å². The van der Waals surface area contributed by atoms with E-state index in [0.29, 0.717) is 12.8 Å². The number of esters is 2. The van der Waals surface area contributed by atoms with Gasteiger partial charge in [-0.3, -0.25) is 4.79 Å². The maximum Gasteiger partial charge on any atom is 0.330 e. The van der Waals surface area contributed by atoms with E-state index in [1.807, 2.05) is 42.5 Å². The first-order chi connectivity index (χ1) is 10.1. The molecule has 0 unspecified atom stereocenters. The topological polar surface area (TPSA) is 52.6 Å². The molecule has 21 heavy (non-hydrogen) atoms. The van der Waals surface area contributed by atoms with Gasteiger partial charge in [0.2, 0.25) is 0 Å². The second-order valence-corrected chi connectivity index (χ2v) is 4.85. The summed E-state index contributed by atoms with van der Waals surface area (Å²) >= 11 is 0. The van der Waals surface area contributed by atoms with Gasteiger partial charge in [0, 0.05) is 25.8 Å². The highest BCUT2D eigenvalue weighted by molar-refractivity contribution is 5.82. The van der Waals surface area contributed by atoms with E-state index < -0.39 is 6.10 Å². The highest BCUT2D eigenvalue weighted by Gasteiger charge is 2.21. The second-order valence-electron chi connectivity index (χ2n) is 4.85. The Morgan fingerprint density at radius 1 is 1.43 bits per heavy atom. The molecule has 1 aromatic rings. The van der Waals surface area contributed by atoms with Crippen molar-refractivity contribution in [3.63, 3.8) is 0 Å². The lowest BCUT2D eigenvalue weighted by atomic mass is 10.1. The van der Waals surface area contributed by atoms with Crippen LogP contribution in [0, 0.1) is 0 Å². The highest BCUT2D eigenvalue weighted by Crippen LogP contribution is 2.17. The first kappa shape index (κ1) is 15.0. The van der Waals surface area contributed by atoms with Crippen molar-refractivity contribution in [3.05, 3.63) is 54.1 Å². The lowest BCUT2D eigenvalue weighted by Gasteiger charge is -2.22. The fourth-order valence-electron chi connectivity index (χ4n) is 2.13. The molecular formula is C17H18O4. The van der Waals surface area contributed by atoms with Crippen molar-refractivity contribution < 1.29 is 19.1 Å². The van der Waals surface area contributed by atoms with Gasteiger partial charge in [-0.15, -0.1) is 0 Å². The zero-order chi connectivity index (χ0) is 15.1. The van der Waals surface area contributed by atoms with Crippen LogP contribution in [0.5, 0.6) is 0 Å². The molecule has 0 aliphatic carbocycles. The van der Waals surface area contributed by atoms with E-state index in [-0.39, 0.29) is 18.0 Å². The summed E-state index contributed by atoms with van der Waals surface area (Å²) in [6.07, 6.45) is 7.34. The van der Waals surface area contributed by atoms with Crippen molar-refractivity contribution in [1.82, 2.24) is 0 Å². The quantitative estimate of drug-likeness (QED) is 0.781. The minimum absolute atomic E-state index is 0.257. The first-order valence-electron chi connectivity index (χ1n) is 6.91. The Balaban J connectivity index is 2.00. The number of ether oxygens (including phenoxy) is 2. The van der Waals surface area contributed by atoms with Gasteiger partial charge >= 0.3 is 11.9 Å². The molecule has 0 saturated carbocycles. The molecule has 0 saturated heterocycles. The lowest BCUT2D eigenvalue weighted by Crippen LogP contribution is -2.26. The molecule has 1 aromatic carbocycles. The van der Waals surface area contributed by atoms with Crippen molar-refractivity contribution in [3.8, 4) is 0 Å². The molecule has 4 nitrogen and oxygen atoms in total. The standard InChI is InChI=1S/C17H18O4/c1-13(18)20-16(11-10-14-6-3-2-4-7-14)12-15-8-5-9-17(19)21-15/h2-7,9-11,15-16H,8,12H2,1H3/b11-10+/t15-,16+/m0/s1. The Hall–Kier alpha value is -2.36. The SMILES string of the molecule is CC(=O)O[C@H](/C=C/c1ccccc1)C[C@@H]1CC=CC(=O)O1. The Labute approximate surface area is 124 Å². The number of rotatable bonds is 5. The van der Waals surface area contributed by atoms with Crippen LogP contribution in [0.25, 0.3) is 6.08 Å². The van der Waals surface area contributed by atoms with E-state index in [0.717, 1.165) is 5.56 Å². The molecule has 2 atom stereocenters. The van der Waals surface area contributed by atoms with E-state index in [2.05, 4.69) is 0 Å². The molecule has 4 heteroatoms. The van der Waals surface area contributed by atoms with E-state index in [4.69, 9.17) is 9.47 Å². The number of carbonyl (C=O) groups is 2. The van der Waals surface area contributed by atoms with E-state index in [1.165, 1.54) is 13.0 Å². The highest BCUT2D eigenvalue weighted by atomic mass is 16.6. The number of cyclic esters (lactones) is 1. The van der Waals surface area contributed by atoms with Crippen molar-refractivity contribution in [2.75, 3.05) is 0 Å². The molecule has 0 fully saturated rings. The lowest BCUT2D eigenvalue weighted by molar-refractivity contribution is -0.149. The summed E-state index contributed by atoms with van der Waals surface area (Å²) in [5.41, 5.74) is 1.02. The maximum atomic E-state index is 11.2. The molecule has 1 heterocycles. The summed E-state index contributed by atoms with van der Waals surface area (Å²) in [7, 11) is 0. The smallest absolute Gasteiger partial charge is 0.330 e. The van der Waals surface area contributed by atoms with Crippen LogP contribution in [0.4, 0.5) is 0 Å². The van der Waals surface area contributed by atoms with Crippen LogP contribution in [0.15, 0.2) is 48.6 Å². The van der Waals surface area contributed by atoms with Crippen molar-refractivity contribution in [2.24, 2.45) is 0 Å². The van der Waals surface area contributed by atoms with E-state index in [1.54, 1.807) is 6.08 Å². The molecular weight excluding hydrogens is 268 g/mol. The van der Waals surface area contributed by atoms with Gasteiger partial charge in [-0.25, -0.2) is 4.79 Å². The fourth-order valence-corrected chi connectivity index (χ4v) is 2.13. The van der Waals surface area contributed by atoms with Crippen LogP contribution in [0.1, 0.15) is 25.3 Å². The molecule has 0 amide bonds. The summed E-state index contributed by atoms with van der Waals surface area (Å²) in [5, 5.41) is 0. The molecule has 0 radical (unpaired) electrons. The van der Waals surface area contributed by atoms with Gasteiger partial charge < -0.3 is 9.47 Å². The molecule has 110 valence electrons. The molecule has 2 rings (SSSR count). The van der Waals surface area contributed by atoms with Gasteiger partial charge in [0.05, 0.1) is 0 Å². The van der Waals surface area contributed by atoms with Crippen LogP contribution >= 0.6 is 0 Å². The summed E-state index contributed by atoms with van der Waals surface area (Å²) in [6.45, 7) is 1.37. The number of hydrogen-bond acceptors (Lipinski definition) is 4. The second kappa shape index (κ2) is 7.43.